The van der Waals surface area contributed by atoms with E-state index in [2.05, 4.69) is 5.32 Å². The molecule has 1 atom stereocenters. The highest BCUT2D eigenvalue weighted by Gasteiger charge is 2.41. The van der Waals surface area contributed by atoms with E-state index in [0.717, 1.165) is 0 Å². The number of hydrogen-bond acceptors (Lipinski definition) is 2. The smallest absolute Gasteiger partial charge is 0.276 e. The Hall–Kier alpha value is 0.0700. The van der Waals surface area contributed by atoms with Crippen molar-refractivity contribution >= 4 is 12.4 Å². The first-order valence-electron chi connectivity index (χ1n) is 2.47. The molecule has 2 nitrogen and oxygen atoms in total. The fourth-order valence-electron chi connectivity index (χ4n) is 0.675. The van der Waals surface area contributed by atoms with Gasteiger partial charge < -0.3 is 11.1 Å². The largest absolute Gasteiger partial charge is 0.322 e. The molecule has 0 amide bonds. The second kappa shape index (κ2) is 2.77. The molecule has 1 saturated heterocycles. The topological polar surface area (TPSA) is 38.0 Å². The van der Waals surface area contributed by atoms with E-state index in [1.165, 1.54) is 0 Å². The average molecular weight is 159 g/mol. The van der Waals surface area contributed by atoms with Crippen LogP contribution in [-0.4, -0.2) is 25.1 Å². The first kappa shape index (κ1) is 9.07. The lowest BCUT2D eigenvalue weighted by Gasteiger charge is -2.10. The van der Waals surface area contributed by atoms with Gasteiger partial charge in [0.25, 0.3) is 5.92 Å². The summed E-state index contributed by atoms with van der Waals surface area (Å²) in [5.41, 5.74) is 5.00. The van der Waals surface area contributed by atoms with Crippen molar-refractivity contribution in [2.45, 2.75) is 12.0 Å². The summed E-state index contributed by atoms with van der Waals surface area (Å²) in [5, 5.41) is 2.49. The Morgan fingerprint density at radius 1 is 1.56 bits per heavy atom. The van der Waals surface area contributed by atoms with E-state index >= 15 is 0 Å². The highest BCUT2D eigenvalue weighted by molar-refractivity contribution is 5.85. The van der Waals surface area contributed by atoms with Crippen LogP contribution < -0.4 is 11.1 Å². The predicted molar refractivity (Wildman–Crippen MR) is 33.0 cm³/mol. The van der Waals surface area contributed by atoms with Crippen LogP contribution in [0.15, 0.2) is 0 Å². The standard InChI is InChI=1S/C4H8F2N2.ClH/c5-4(6)2-8-1-3(4)7;/h3,8H,1-2,7H2;1H. The molecule has 56 valence electrons. The molecule has 0 aromatic carbocycles. The second-order valence-corrected chi connectivity index (χ2v) is 2.00. The van der Waals surface area contributed by atoms with Gasteiger partial charge in [-0.05, 0) is 0 Å². The second-order valence-electron chi connectivity index (χ2n) is 2.00. The van der Waals surface area contributed by atoms with Crippen LogP contribution in [0.25, 0.3) is 0 Å². The monoisotopic (exact) mass is 158 g/mol. The van der Waals surface area contributed by atoms with Crippen LogP contribution in [0.2, 0.25) is 0 Å². The van der Waals surface area contributed by atoms with Gasteiger partial charge >= 0.3 is 0 Å². The molecule has 1 aliphatic rings. The van der Waals surface area contributed by atoms with Crippen molar-refractivity contribution in [2.75, 3.05) is 13.1 Å². The van der Waals surface area contributed by atoms with E-state index in [0.29, 0.717) is 0 Å². The SMILES string of the molecule is Cl.NC1CNCC1(F)F. The molecule has 0 aromatic rings. The van der Waals surface area contributed by atoms with Crippen molar-refractivity contribution < 1.29 is 8.78 Å². The molecule has 0 spiro atoms. The zero-order chi connectivity index (χ0) is 6.20. The van der Waals surface area contributed by atoms with Crippen molar-refractivity contribution in [3.8, 4) is 0 Å². The zero-order valence-electron chi connectivity index (χ0n) is 4.73. The molecule has 3 N–H and O–H groups in total. The first-order valence-corrected chi connectivity index (χ1v) is 2.47. The number of alkyl halides is 2. The Labute approximate surface area is 58.2 Å². The minimum atomic E-state index is -2.68. The van der Waals surface area contributed by atoms with Crippen LogP contribution >= 0.6 is 12.4 Å². The fourth-order valence-corrected chi connectivity index (χ4v) is 0.675. The van der Waals surface area contributed by atoms with E-state index in [9.17, 15) is 8.78 Å². The maximum atomic E-state index is 12.2. The van der Waals surface area contributed by atoms with Crippen molar-refractivity contribution in [1.82, 2.24) is 5.32 Å². The van der Waals surface area contributed by atoms with Gasteiger partial charge in [0.2, 0.25) is 0 Å². The van der Waals surface area contributed by atoms with Gasteiger partial charge in [-0.2, -0.15) is 0 Å². The molecule has 1 aliphatic heterocycles. The van der Waals surface area contributed by atoms with Crippen molar-refractivity contribution in [3.05, 3.63) is 0 Å². The Balaban J connectivity index is 0.000000640. The number of halogens is 3. The summed E-state index contributed by atoms with van der Waals surface area (Å²) >= 11 is 0. The summed E-state index contributed by atoms with van der Waals surface area (Å²) < 4.78 is 24.3. The fraction of sp³-hybridized carbons (Fsp3) is 1.00. The van der Waals surface area contributed by atoms with Gasteiger partial charge in [0.1, 0.15) is 0 Å². The van der Waals surface area contributed by atoms with Gasteiger partial charge in [-0.1, -0.05) is 0 Å². The van der Waals surface area contributed by atoms with Crippen LogP contribution in [0.3, 0.4) is 0 Å². The minimum absolute atomic E-state index is 0. The van der Waals surface area contributed by atoms with Crippen LogP contribution in [-0.2, 0) is 0 Å². The normalized spacial score (nSPS) is 31.7. The van der Waals surface area contributed by atoms with Gasteiger partial charge in [0.15, 0.2) is 0 Å². The highest BCUT2D eigenvalue weighted by Crippen LogP contribution is 2.19. The molecule has 1 unspecified atom stereocenters. The summed E-state index contributed by atoms with van der Waals surface area (Å²) in [6.45, 7) is -0.0405. The molecule has 5 heteroatoms. The number of nitrogens with two attached hydrogens (primary N) is 1. The Bertz CT molecular complexity index is 98.6. The van der Waals surface area contributed by atoms with Gasteiger partial charge in [-0.15, -0.1) is 12.4 Å². The third kappa shape index (κ3) is 1.74. The average Bonchev–Trinajstić information content (AvgIpc) is 1.86. The van der Waals surface area contributed by atoms with Gasteiger partial charge in [0, 0.05) is 6.54 Å². The first-order chi connectivity index (χ1) is 3.63. The van der Waals surface area contributed by atoms with Crippen LogP contribution in [0.1, 0.15) is 0 Å². The lowest BCUT2D eigenvalue weighted by molar-refractivity contribution is 0.00814. The molecule has 0 saturated carbocycles. The summed E-state index contributed by atoms with van der Waals surface area (Å²) in [4.78, 5) is 0. The lowest BCUT2D eigenvalue weighted by Crippen LogP contribution is -2.38. The Morgan fingerprint density at radius 3 is 2.22 bits per heavy atom. The van der Waals surface area contributed by atoms with Gasteiger partial charge in [0.05, 0.1) is 12.6 Å². The molecule has 0 aliphatic carbocycles. The minimum Gasteiger partial charge on any atom is -0.322 e. The molecule has 0 bridgehead atoms. The molecule has 9 heavy (non-hydrogen) atoms. The summed E-state index contributed by atoms with van der Waals surface area (Å²) in [7, 11) is 0. The summed E-state index contributed by atoms with van der Waals surface area (Å²) in [6.07, 6.45) is 0. The summed E-state index contributed by atoms with van der Waals surface area (Å²) in [6, 6.07) is -0.984. The van der Waals surface area contributed by atoms with Crippen molar-refractivity contribution in [3.63, 3.8) is 0 Å². The third-order valence-electron chi connectivity index (χ3n) is 1.27. The van der Waals surface area contributed by atoms with E-state index in [1.54, 1.807) is 0 Å². The number of rotatable bonds is 0. The van der Waals surface area contributed by atoms with Crippen LogP contribution in [0.4, 0.5) is 8.78 Å². The van der Waals surface area contributed by atoms with Crippen LogP contribution in [0, 0.1) is 0 Å². The quantitative estimate of drug-likeness (QED) is 0.520. The maximum absolute atomic E-state index is 12.2. The van der Waals surface area contributed by atoms with Crippen LogP contribution in [0.5, 0.6) is 0 Å². The molecule has 0 aromatic heterocycles. The third-order valence-corrected chi connectivity index (χ3v) is 1.27. The van der Waals surface area contributed by atoms with E-state index in [-0.39, 0.29) is 25.5 Å². The van der Waals surface area contributed by atoms with E-state index in [4.69, 9.17) is 5.73 Å². The molecular formula is C4H9ClF2N2. The Kier molecular flexibility index (Phi) is 2.79. The van der Waals surface area contributed by atoms with Crippen molar-refractivity contribution in [2.24, 2.45) is 5.73 Å². The molecular weight excluding hydrogens is 150 g/mol. The van der Waals surface area contributed by atoms with E-state index < -0.39 is 12.0 Å². The summed E-state index contributed by atoms with van der Waals surface area (Å²) in [5.74, 6) is -2.68. The van der Waals surface area contributed by atoms with Gasteiger partial charge in [-0.25, -0.2) is 8.78 Å². The Morgan fingerprint density at radius 2 is 2.11 bits per heavy atom. The maximum Gasteiger partial charge on any atom is 0.276 e. The molecule has 0 radical (unpaired) electrons. The van der Waals surface area contributed by atoms with Gasteiger partial charge in [-0.3, -0.25) is 0 Å². The zero-order valence-corrected chi connectivity index (χ0v) is 5.55. The van der Waals surface area contributed by atoms with E-state index in [1.807, 2.05) is 0 Å². The van der Waals surface area contributed by atoms with Crippen molar-refractivity contribution in [1.29, 1.82) is 0 Å². The predicted octanol–water partition coefficient (Wildman–Crippen LogP) is -0.0260. The molecule has 1 heterocycles. The molecule has 1 fully saturated rings. The highest BCUT2D eigenvalue weighted by atomic mass is 35.5. The number of hydrogen-bond donors (Lipinski definition) is 2. The molecule has 1 rings (SSSR count). The number of nitrogens with one attached hydrogen (secondary N) is 1. The lowest BCUT2D eigenvalue weighted by atomic mass is 10.2.